The molecular weight excluding hydrogens is 421 g/mol. The minimum absolute atomic E-state index is 0. The number of hydrogen-bond acceptors (Lipinski definition) is 4. The molecule has 0 unspecified atom stereocenters. The van der Waals surface area contributed by atoms with E-state index in [0.717, 1.165) is 18.4 Å². The fraction of sp³-hybridized carbons (Fsp3) is 0.588. The van der Waals surface area contributed by atoms with E-state index >= 15 is 0 Å². The second kappa shape index (κ2) is 10.5. The van der Waals surface area contributed by atoms with E-state index in [-0.39, 0.29) is 24.0 Å². The number of guanidine groups is 1. The number of rotatable bonds is 6. The summed E-state index contributed by atoms with van der Waals surface area (Å²) in [5, 5.41) is 3.31. The Morgan fingerprint density at radius 3 is 2.33 bits per heavy atom. The Bertz CT molecular complexity index is 546. The van der Waals surface area contributed by atoms with Gasteiger partial charge in [0.15, 0.2) is 17.5 Å². The lowest BCUT2D eigenvalue weighted by atomic mass is 9.96. The van der Waals surface area contributed by atoms with E-state index in [0.29, 0.717) is 35.8 Å². The highest BCUT2D eigenvalue weighted by Crippen LogP contribution is 2.39. The zero-order chi connectivity index (χ0) is 16.7. The van der Waals surface area contributed by atoms with E-state index in [1.165, 1.54) is 19.3 Å². The molecule has 1 aliphatic rings. The zero-order valence-electron chi connectivity index (χ0n) is 14.6. The standard InChI is InChI=1S/C17H27N3O3.HI/c1-21-14-10-9-12(15(22-2)16(14)23-3)11-19-17(18)20-13-7-5-4-6-8-13;/h9-10,13H,4-8,11H2,1-3H3,(H3,18,19,20);1H. The Kier molecular flexibility index (Phi) is 9.02. The average molecular weight is 449 g/mol. The van der Waals surface area contributed by atoms with Crippen LogP contribution in [0.3, 0.4) is 0 Å². The van der Waals surface area contributed by atoms with Crippen LogP contribution in [-0.4, -0.2) is 33.3 Å². The van der Waals surface area contributed by atoms with Gasteiger partial charge in [-0.1, -0.05) is 19.3 Å². The number of aliphatic imine (C=N–C) groups is 1. The van der Waals surface area contributed by atoms with E-state index < -0.39 is 0 Å². The lowest BCUT2D eigenvalue weighted by Crippen LogP contribution is -2.41. The van der Waals surface area contributed by atoms with E-state index in [1.807, 2.05) is 12.1 Å². The lowest BCUT2D eigenvalue weighted by molar-refractivity contribution is 0.322. The van der Waals surface area contributed by atoms with Gasteiger partial charge in [-0.15, -0.1) is 24.0 Å². The maximum atomic E-state index is 6.01. The van der Waals surface area contributed by atoms with Crippen molar-refractivity contribution < 1.29 is 14.2 Å². The van der Waals surface area contributed by atoms with Gasteiger partial charge in [0.2, 0.25) is 5.75 Å². The number of nitrogens with zero attached hydrogens (tertiary/aromatic N) is 1. The van der Waals surface area contributed by atoms with Crippen molar-refractivity contribution in [2.75, 3.05) is 21.3 Å². The quantitative estimate of drug-likeness (QED) is 0.397. The molecule has 0 saturated heterocycles. The van der Waals surface area contributed by atoms with Crippen molar-refractivity contribution in [3.8, 4) is 17.2 Å². The molecule has 136 valence electrons. The molecule has 3 N–H and O–H groups in total. The summed E-state index contributed by atoms with van der Waals surface area (Å²) in [6, 6.07) is 4.20. The average Bonchev–Trinajstić information content (AvgIpc) is 2.59. The maximum absolute atomic E-state index is 6.01. The fourth-order valence-corrected chi connectivity index (χ4v) is 2.96. The molecule has 24 heavy (non-hydrogen) atoms. The lowest BCUT2D eigenvalue weighted by Gasteiger charge is -2.23. The molecule has 0 atom stereocenters. The number of methoxy groups -OCH3 is 3. The van der Waals surface area contributed by atoms with Gasteiger partial charge < -0.3 is 25.3 Å². The highest BCUT2D eigenvalue weighted by Gasteiger charge is 2.16. The topological polar surface area (TPSA) is 78.1 Å². The number of benzene rings is 1. The van der Waals surface area contributed by atoms with Gasteiger partial charge in [0, 0.05) is 11.6 Å². The third kappa shape index (κ3) is 5.32. The molecule has 7 heteroatoms. The summed E-state index contributed by atoms with van der Waals surface area (Å²) in [7, 11) is 4.79. The largest absolute Gasteiger partial charge is 0.493 e. The molecule has 1 aromatic carbocycles. The van der Waals surface area contributed by atoms with Crippen LogP contribution in [-0.2, 0) is 6.54 Å². The van der Waals surface area contributed by atoms with E-state index in [4.69, 9.17) is 19.9 Å². The zero-order valence-corrected chi connectivity index (χ0v) is 17.0. The molecule has 0 aromatic heterocycles. The molecule has 0 radical (unpaired) electrons. The predicted molar refractivity (Wildman–Crippen MR) is 107 cm³/mol. The second-order valence-corrected chi connectivity index (χ2v) is 5.67. The Morgan fingerprint density at radius 2 is 1.75 bits per heavy atom. The number of hydrogen-bond donors (Lipinski definition) is 2. The summed E-state index contributed by atoms with van der Waals surface area (Å²) in [5.74, 6) is 2.31. The molecule has 0 heterocycles. The predicted octanol–water partition coefficient (Wildman–Crippen LogP) is 3.07. The van der Waals surface area contributed by atoms with Crippen LogP contribution >= 0.6 is 24.0 Å². The SMILES string of the molecule is COc1ccc(CN=C(N)NC2CCCCC2)c(OC)c1OC.I. The molecular formula is C17H28IN3O3. The van der Waals surface area contributed by atoms with Gasteiger partial charge >= 0.3 is 0 Å². The van der Waals surface area contributed by atoms with Crippen LogP contribution in [0, 0.1) is 0 Å². The third-order valence-electron chi connectivity index (χ3n) is 4.16. The molecule has 0 bridgehead atoms. The van der Waals surface area contributed by atoms with Gasteiger partial charge in [-0.3, -0.25) is 0 Å². The minimum atomic E-state index is 0. The van der Waals surface area contributed by atoms with Crippen LogP contribution in [0.25, 0.3) is 0 Å². The molecule has 0 spiro atoms. The molecule has 6 nitrogen and oxygen atoms in total. The maximum Gasteiger partial charge on any atom is 0.203 e. The molecule has 0 aliphatic heterocycles. The molecule has 2 rings (SSSR count). The summed E-state index contributed by atoms with van der Waals surface area (Å²) in [5.41, 5.74) is 6.91. The Hall–Kier alpha value is -1.38. The van der Waals surface area contributed by atoms with Crippen LogP contribution in [0.2, 0.25) is 0 Å². The normalized spacial score (nSPS) is 15.4. The van der Waals surface area contributed by atoms with Crippen LogP contribution in [0.15, 0.2) is 17.1 Å². The highest BCUT2D eigenvalue weighted by atomic mass is 127. The number of halogens is 1. The number of ether oxygens (including phenoxy) is 3. The van der Waals surface area contributed by atoms with Crippen molar-refractivity contribution in [3.63, 3.8) is 0 Å². The fourth-order valence-electron chi connectivity index (χ4n) is 2.96. The van der Waals surface area contributed by atoms with Crippen molar-refractivity contribution in [3.05, 3.63) is 17.7 Å². The van der Waals surface area contributed by atoms with E-state index in [9.17, 15) is 0 Å². The Balaban J connectivity index is 0.00000288. The van der Waals surface area contributed by atoms with E-state index in [1.54, 1.807) is 21.3 Å². The molecule has 1 aliphatic carbocycles. The number of nitrogens with one attached hydrogen (secondary N) is 1. The van der Waals surface area contributed by atoms with Crippen LogP contribution in [0.1, 0.15) is 37.7 Å². The highest BCUT2D eigenvalue weighted by molar-refractivity contribution is 14.0. The number of nitrogens with two attached hydrogens (primary N) is 1. The molecule has 1 aromatic rings. The Labute approximate surface area is 161 Å². The van der Waals surface area contributed by atoms with Gasteiger partial charge in [0.05, 0.1) is 27.9 Å². The molecule has 1 fully saturated rings. The summed E-state index contributed by atoms with van der Waals surface area (Å²) >= 11 is 0. The minimum Gasteiger partial charge on any atom is -0.493 e. The van der Waals surface area contributed by atoms with E-state index in [2.05, 4.69) is 10.3 Å². The van der Waals surface area contributed by atoms with Gasteiger partial charge in [0.25, 0.3) is 0 Å². The van der Waals surface area contributed by atoms with Crippen molar-refractivity contribution in [2.45, 2.75) is 44.7 Å². The first-order valence-electron chi connectivity index (χ1n) is 8.04. The Morgan fingerprint density at radius 1 is 1.08 bits per heavy atom. The first-order chi connectivity index (χ1) is 11.2. The second-order valence-electron chi connectivity index (χ2n) is 5.67. The van der Waals surface area contributed by atoms with Gasteiger partial charge in [-0.2, -0.15) is 0 Å². The van der Waals surface area contributed by atoms with Crippen molar-refractivity contribution in [1.29, 1.82) is 0 Å². The molecule has 0 amide bonds. The first kappa shape index (κ1) is 20.7. The van der Waals surface area contributed by atoms with Crippen LogP contribution in [0.5, 0.6) is 17.2 Å². The summed E-state index contributed by atoms with van der Waals surface area (Å²) < 4.78 is 16.1. The van der Waals surface area contributed by atoms with Crippen molar-refractivity contribution in [2.24, 2.45) is 10.7 Å². The van der Waals surface area contributed by atoms with Crippen LogP contribution < -0.4 is 25.3 Å². The molecule has 1 saturated carbocycles. The summed E-state index contributed by atoms with van der Waals surface area (Å²) in [6.07, 6.45) is 6.16. The van der Waals surface area contributed by atoms with Gasteiger partial charge in [0.1, 0.15) is 0 Å². The third-order valence-corrected chi connectivity index (χ3v) is 4.16. The first-order valence-corrected chi connectivity index (χ1v) is 8.04. The smallest absolute Gasteiger partial charge is 0.203 e. The summed E-state index contributed by atoms with van der Waals surface area (Å²) in [4.78, 5) is 4.43. The monoisotopic (exact) mass is 449 g/mol. The van der Waals surface area contributed by atoms with Crippen molar-refractivity contribution in [1.82, 2.24) is 5.32 Å². The van der Waals surface area contributed by atoms with Gasteiger partial charge in [-0.25, -0.2) is 4.99 Å². The van der Waals surface area contributed by atoms with Crippen molar-refractivity contribution >= 4 is 29.9 Å². The van der Waals surface area contributed by atoms with Crippen LogP contribution in [0.4, 0.5) is 0 Å². The van der Waals surface area contributed by atoms with Gasteiger partial charge in [-0.05, 0) is 25.0 Å². The summed E-state index contributed by atoms with van der Waals surface area (Å²) in [6.45, 7) is 0.426.